The number of nitrogens with zero attached hydrogens (tertiary/aromatic N) is 1. The first-order valence-corrected chi connectivity index (χ1v) is 13.2. The number of carbonyl (C=O) groups excluding carboxylic acids is 1. The standard InChI is InChI=1S/C30H31ClN2O4/c1-2-4-20-5-10-24(11-6-20)37-30(35)33-16-15-25-26-19-22(31)9-14-27(26)32-28(25)29(33)21-7-12-23(13-8-21)36-18-3-17-34/h5-14,19,29,32,34H,2-4,15-18H2,1H3. The Morgan fingerprint density at radius 1 is 1.08 bits per heavy atom. The van der Waals surface area contributed by atoms with Crippen LogP contribution in [0.4, 0.5) is 4.79 Å². The summed E-state index contributed by atoms with van der Waals surface area (Å²) in [4.78, 5) is 18.8. The lowest BCUT2D eigenvalue weighted by molar-refractivity contribution is 0.135. The first-order valence-electron chi connectivity index (χ1n) is 12.8. The van der Waals surface area contributed by atoms with Gasteiger partial charge in [0.25, 0.3) is 0 Å². The molecule has 2 N–H and O–H groups in total. The number of halogens is 1. The van der Waals surface area contributed by atoms with E-state index >= 15 is 0 Å². The lowest BCUT2D eigenvalue weighted by Gasteiger charge is -2.35. The second-order valence-electron chi connectivity index (χ2n) is 9.31. The molecule has 0 bridgehead atoms. The Bertz CT molecular complexity index is 1370. The number of benzene rings is 3. The minimum absolute atomic E-state index is 0.0890. The molecule has 0 saturated heterocycles. The summed E-state index contributed by atoms with van der Waals surface area (Å²) in [7, 11) is 0. The van der Waals surface area contributed by atoms with Gasteiger partial charge in [0.2, 0.25) is 0 Å². The Balaban J connectivity index is 1.47. The Labute approximate surface area is 221 Å². The second-order valence-corrected chi connectivity index (χ2v) is 9.75. The number of aromatic nitrogens is 1. The summed E-state index contributed by atoms with van der Waals surface area (Å²) in [5.41, 5.74) is 5.29. The maximum atomic E-state index is 13.5. The van der Waals surface area contributed by atoms with Crippen LogP contribution in [0.2, 0.25) is 5.02 Å². The summed E-state index contributed by atoms with van der Waals surface area (Å²) in [6.07, 6.45) is 2.94. The molecule has 1 aliphatic rings. The van der Waals surface area contributed by atoms with Crippen molar-refractivity contribution in [1.29, 1.82) is 0 Å². The Hall–Kier alpha value is -3.48. The van der Waals surface area contributed by atoms with Gasteiger partial charge in [-0.05, 0) is 72.0 Å². The zero-order valence-corrected chi connectivity index (χ0v) is 21.6. The summed E-state index contributed by atoms with van der Waals surface area (Å²) in [6, 6.07) is 21.0. The quantitative estimate of drug-likeness (QED) is 0.255. The van der Waals surface area contributed by atoms with Crippen molar-refractivity contribution in [2.45, 2.75) is 38.6 Å². The van der Waals surface area contributed by atoms with Crippen molar-refractivity contribution in [2.24, 2.45) is 0 Å². The van der Waals surface area contributed by atoms with Crippen molar-refractivity contribution < 1.29 is 19.4 Å². The SMILES string of the molecule is CCCc1ccc(OC(=O)N2CCc3c([nH]c4ccc(Cl)cc34)C2c2ccc(OCCCO)cc2)cc1. The highest BCUT2D eigenvalue weighted by Gasteiger charge is 2.35. The third kappa shape index (κ3) is 5.45. The van der Waals surface area contributed by atoms with E-state index in [1.54, 1.807) is 4.90 Å². The fourth-order valence-corrected chi connectivity index (χ4v) is 5.15. The molecule has 192 valence electrons. The molecule has 1 aliphatic heterocycles. The maximum Gasteiger partial charge on any atom is 0.416 e. The van der Waals surface area contributed by atoms with E-state index in [0.717, 1.165) is 40.8 Å². The first kappa shape index (κ1) is 25.2. The monoisotopic (exact) mass is 518 g/mol. The van der Waals surface area contributed by atoms with Crippen molar-refractivity contribution in [3.8, 4) is 11.5 Å². The number of rotatable bonds is 8. The van der Waals surface area contributed by atoms with Crippen molar-refractivity contribution in [1.82, 2.24) is 9.88 Å². The number of hydrogen-bond acceptors (Lipinski definition) is 4. The smallest absolute Gasteiger partial charge is 0.416 e. The van der Waals surface area contributed by atoms with Crippen molar-refractivity contribution in [3.05, 3.63) is 94.1 Å². The summed E-state index contributed by atoms with van der Waals surface area (Å²) in [5, 5.41) is 10.8. The molecule has 2 heterocycles. The van der Waals surface area contributed by atoms with Gasteiger partial charge in [0.15, 0.2) is 0 Å². The topological polar surface area (TPSA) is 74.8 Å². The van der Waals surface area contributed by atoms with Gasteiger partial charge in [-0.2, -0.15) is 0 Å². The van der Waals surface area contributed by atoms with Gasteiger partial charge in [0, 0.05) is 41.2 Å². The van der Waals surface area contributed by atoms with Crippen LogP contribution in [0.25, 0.3) is 10.9 Å². The van der Waals surface area contributed by atoms with E-state index in [-0.39, 0.29) is 18.7 Å². The third-order valence-electron chi connectivity index (χ3n) is 6.76. The van der Waals surface area contributed by atoms with E-state index in [4.69, 9.17) is 26.2 Å². The van der Waals surface area contributed by atoms with Crippen LogP contribution in [0.1, 0.15) is 48.2 Å². The highest BCUT2D eigenvalue weighted by molar-refractivity contribution is 6.31. The zero-order chi connectivity index (χ0) is 25.8. The molecule has 1 unspecified atom stereocenters. The van der Waals surface area contributed by atoms with Gasteiger partial charge in [-0.1, -0.05) is 49.2 Å². The number of fused-ring (bicyclic) bond motifs is 3. The average molecular weight is 519 g/mol. The van der Waals surface area contributed by atoms with E-state index in [2.05, 4.69) is 11.9 Å². The fourth-order valence-electron chi connectivity index (χ4n) is 4.98. The van der Waals surface area contributed by atoms with Gasteiger partial charge in [-0.25, -0.2) is 4.79 Å². The minimum atomic E-state index is -0.390. The fraction of sp³-hybridized carbons (Fsp3) is 0.300. The van der Waals surface area contributed by atoms with Crippen molar-refractivity contribution in [3.63, 3.8) is 0 Å². The molecule has 0 radical (unpaired) electrons. The third-order valence-corrected chi connectivity index (χ3v) is 6.99. The lowest BCUT2D eigenvalue weighted by Crippen LogP contribution is -2.42. The first-order chi connectivity index (χ1) is 18.1. The molecular weight excluding hydrogens is 488 g/mol. The molecule has 6 nitrogen and oxygen atoms in total. The number of ether oxygens (including phenoxy) is 2. The van der Waals surface area contributed by atoms with Gasteiger partial charge in [-0.3, -0.25) is 4.90 Å². The number of aliphatic hydroxyl groups excluding tert-OH is 1. The molecule has 1 amide bonds. The molecule has 0 spiro atoms. The van der Waals surface area contributed by atoms with Crippen LogP contribution in [0.3, 0.4) is 0 Å². The van der Waals surface area contributed by atoms with Crippen LogP contribution in [-0.4, -0.2) is 40.8 Å². The summed E-state index contributed by atoms with van der Waals surface area (Å²) >= 11 is 6.31. The predicted octanol–water partition coefficient (Wildman–Crippen LogP) is 6.68. The highest BCUT2D eigenvalue weighted by atomic mass is 35.5. The van der Waals surface area contributed by atoms with Gasteiger partial charge in [0.1, 0.15) is 17.5 Å². The van der Waals surface area contributed by atoms with E-state index in [1.165, 1.54) is 11.1 Å². The minimum Gasteiger partial charge on any atom is -0.494 e. The summed E-state index contributed by atoms with van der Waals surface area (Å²) in [6.45, 7) is 3.19. The number of H-pyrrole nitrogens is 1. The molecular formula is C30H31ClN2O4. The number of aliphatic hydroxyl groups is 1. The number of hydrogen-bond donors (Lipinski definition) is 2. The Kier molecular flexibility index (Phi) is 7.68. The van der Waals surface area contributed by atoms with E-state index in [1.807, 2.05) is 66.7 Å². The molecule has 1 atom stereocenters. The van der Waals surface area contributed by atoms with Gasteiger partial charge >= 0.3 is 6.09 Å². The van der Waals surface area contributed by atoms with Crippen LogP contribution in [0, 0.1) is 0 Å². The van der Waals surface area contributed by atoms with Gasteiger partial charge in [-0.15, -0.1) is 0 Å². The Morgan fingerprint density at radius 2 is 1.84 bits per heavy atom. The summed E-state index contributed by atoms with van der Waals surface area (Å²) in [5.74, 6) is 1.25. The summed E-state index contributed by atoms with van der Waals surface area (Å²) < 4.78 is 11.6. The second kappa shape index (κ2) is 11.3. The van der Waals surface area contributed by atoms with Crippen molar-refractivity contribution >= 4 is 28.6 Å². The number of aryl methyl sites for hydroxylation is 1. The van der Waals surface area contributed by atoms with E-state index in [0.29, 0.717) is 36.8 Å². The van der Waals surface area contributed by atoms with Gasteiger partial charge in [0.05, 0.1) is 6.61 Å². The molecule has 0 fully saturated rings. The van der Waals surface area contributed by atoms with Crippen LogP contribution in [-0.2, 0) is 12.8 Å². The van der Waals surface area contributed by atoms with E-state index in [9.17, 15) is 4.79 Å². The maximum absolute atomic E-state index is 13.5. The predicted molar refractivity (Wildman–Crippen MR) is 146 cm³/mol. The molecule has 37 heavy (non-hydrogen) atoms. The number of nitrogens with one attached hydrogen (secondary N) is 1. The van der Waals surface area contributed by atoms with Crippen molar-refractivity contribution in [2.75, 3.05) is 19.8 Å². The van der Waals surface area contributed by atoms with Crippen LogP contribution in [0.15, 0.2) is 66.7 Å². The largest absolute Gasteiger partial charge is 0.494 e. The number of carbonyl (C=O) groups is 1. The zero-order valence-electron chi connectivity index (χ0n) is 20.9. The van der Waals surface area contributed by atoms with E-state index < -0.39 is 0 Å². The molecule has 0 saturated carbocycles. The molecule has 0 aliphatic carbocycles. The molecule has 5 rings (SSSR count). The van der Waals surface area contributed by atoms with Crippen LogP contribution >= 0.6 is 11.6 Å². The van der Waals surface area contributed by atoms with Crippen LogP contribution in [0.5, 0.6) is 11.5 Å². The normalized spacial score (nSPS) is 15.0. The molecule has 7 heteroatoms. The number of amides is 1. The lowest BCUT2D eigenvalue weighted by atomic mass is 9.92. The van der Waals surface area contributed by atoms with Crippen LogP contribution < -0.4 is 9.47 Å². The highest BCUT2D eigenvalue weighted by Crippen LogP contribution is 2.40. The molecule has 4 aromatic rings. The molecule has 3 aromatic carbocycles. The van der Waals surface area contributed by atoms with Gasteiger partial charge < -0.3 is 19.6 Å². The molecule has 1 aromatic heterocycles. The number of aromatic amines is 1. The average Bonchev–Trinajstić information content (AvgIpc) is 3.28. The Morgan fingerprint density at radius 3 is 2.57 bits per heavy atom.